The quantitative estimate of drug-likeness (QED) is 0.369. The Bertz CT molecular complexity index is 1400. The molecule has 0 unspecified atom stereocenters. The maximum Gasteiger partial charge on any atom is 0.418 e. The van der Waals surface area contributed by atoms with E-state index in [0.717, 1.165) is 17.2 Å². The minimum atomic E-state index is -4.57. The lowest BCUT2D eigenvalue weighted by Gasteiger charge is -2.19. The van der Waals surface area contributed by atoms with E-state index in [4.69, 9.17) is 0 Å². The van der Waals surface area contributed by atoms with Gasteiger partial charge >= 0.3 is 6.18 Å². The number of allylic oxidation sites excluding steroid dienone is 1. The number of aryl methyl sites for hydroxylation is 2. The Balaban J connectivity index is 2.26. The number of aromatic nitrogens is 1. The van der Waals surface area contributed by atoms with Crippen LogP contribution in [0.2, 0.25) is 0 Å². The molecule has 34 heavy (non-hydrogen) atoms. The van der Waals surface area contributed by atoms with E-state index in [1.54, 1.807) is 32.9 Å². The molecule has 3 aromatic rings. The van der Waals surface area contributed by atoms with Crippen molar-refractivity contribution >= 4 is 15.9 Å². The van der Waals surface area contributed by atoms with E-state index in [9.17, 15) is 26.9 Å². The summed E-state index contributed by atoms with van der Waals surface area (Å²) in [4.78, 5) is -0.474. The standard InChI is InChI=1S/C26H25F3N2O2S/c1-16(2)25-14-20(19(5)31(25)24-9-7-6-8-23(24)26(27,28)29)13-22(15-30)34(32,33)21-11-17(3)10-18(4)12-21/h6-14,16H,1-5H3/b22-13+. The first-order chi connectivity index (χ1) is 15.8. The summed E-state index contributed by atoms with van der Waals surface area (Å²) in [6.45, 7) is 8.82. The average molecular weight is 487 g/mol. The fraction of sp³-hybridized carbons (Fsp3) is 0.269. The maximum absolute atomic E-state index is 13.7. The Kier molecular flexibility index (Phi) is 6.81. The molecule has 0 spiro atoms. The van der Waals surface area contributed by atoms with Crippen LogP contribution in [0.25, 0.3) is 11.8 Å². The number of para-hydroxylation sites is 1. The largest absolute Gasteiger partial charge is 0.418 e. The molecule has 0 aliphatic rings. The molecule has 0 saturated carbocycles. The summed E-state index contributed by atoms with van der Waals surface area (Å²) in [6.07, 6.45) is -3.33. The molecular weight excluding hydrogens is 461 g/mol. The van der Waals surface area contributed by atoms with Crippen molar-refractivity contribution in [2.75, 3.05) is 0 Å². The predicted molar refractivity (Wildman–Crippen MR) is 126 cm³/mol. The van der Waals surface area contributed by atoms with Gasteiger partial charge in [-0.3, -0.25) is 0 Å². The molecule has 0 fully saturated rings. The Morgan fingerprint density at radius 2 is 1.62 bits per heavy atom. The molecule has 4 nitrogen and oxygen atoms in total. The molecular formula is C26H25F3N2O2S. The molecule has 2 aromatic carbocycles. The summed E-state index contributed by atoms with van der Waals surface area (Å²) in [5, 5.41) is 9.71. The smallest absolute Gasteiger partial charge is 0.317 e. The van der Waals surface area contributed by atoms with E-state index in [1.165, 1.54) is 41.0 Å². The number of hydrogen-bond acceptors (Lipinski definition) is 3. The zero-order valence-electron chi connectivity index (χ0n) is 19.5. The normalized spacial score (nSPS) is 12.8. The predicted octanol–water partition coefficient (Wildman–Crippen LogP) is 6.88. The van der Waals surface area contributed by atoms with Gasteiger partial charge in [0.25, 0.3) is 0 Å². The van der Waals surface area contributed by atoms with Crippen LogP contribution in [-0.2, 0) is 16.0 Å². The molecule has 1 aromatic heterocycles. The zero-order valence-corrected chi connectivity index (χ0v) is 20.3. The van der Waals surface area contributed by atoms with E-state index >= 15 is 0 Å². The number of hydrogen-bond donors (Lipinski definition) is 0. The van der Waals surface area contributed by atoms with E-state index in [1.807, 2.05) is 19.9 Å². The lowest BCUT2D eigenvalue weighted by molar-refractivity contribution is -0.137. The van der Waals surface area contributed by atoms with Gasteiger partial charge in [0.05, 0.1) is 16.1 Å². The van der Waals surface area contributed by atoms with Crippen LogP contribution in [0.4, 0.5) is 13.2 Å². The zero-order chi connectivity index (χ0) is 25.4. The van der Waals surface area contributed by atoms with E-state index in [-0.39, 0.29) is 16.5 Å². The second-order valence-corrected chi connectivity index (χ2v) is 10.5. The van der Waals surface area contributed by atoms with Crippen LogP contribution in [0, 0.1) is 32.1 Å². The molecule has 8 heteroatoms. The van der Waals surface area contributed by atoms with Gasteiger partial charge in [-0.2, -0.15) is 18.4 Å². The number of rotatable bonds is 5. The molecule has 0 N–H and O–H groups in total. The Morgan fingerprint density at radius 1 is 1.03 bits per heavy atom. The Hall–Kier alpha value is -3.31. The van der Waals surface area contributed by atoms with Gasteiger partial charge in [-0.1, -0.05) is 32.0 Å². The Morgan fingerprint density at radius 3 is 2.15 bits per heavy atom. The number of sulfone groups is 1. The minimum Gasteiger partial charge on any atom is -0.317 e. The van der Waals surface area contributed by atoms with Crippen molar-refractivity contribution in [1.29, 1.82) is 5.26 Å². The van der Waals surface area contributed by atoms with Crippen molar-refractivity contribution < 1.29 is 21.6 Å². The van der Waals surface area contributed by atoms with Crippen LogP contribution in [-0.4, -0.2) is 13.0 Å². The van der Waals surface area contributed by atoms with Crippen molar-refractivity contribution in [3.05, 3.63) is 87.1 Å². The summed E-state index contributed by atoms with van der Waals surface area (Å²) < 4.78 is 69.1. The van der Waals surface area contributed by atoms with E-state index in [0.29, 0.717) is 17.0 Å². The fourth-order valence-electron chi connectivity index (χ4n) is 3.98. The van der Waals surface area contributed by atoms with Gasteiger partial charge in [0.15, 0.2) is 0 Å². The van der Waals surface area contributed by atoms with Crippen molar-refractivity contribution in [3.8, 4) is 11.8 Å². The van der Waals surface area contributed by atoms with Crippen LogP contribution >= 0.6 is 0 Å². The first-order valence-electron chi connectivity index (χ1n) is 10.6. The van der Waals surface area contributed by atoms with Gasteiger partial charge in [0.2, 0.25) is 9.84 Å². The van der Waals surface area contributed by atoms with Crippen LogP contribution in [0.15, 0.2) is 58.3 Å². The van der Waals surface area contributed by atoms with E-state index in [2.05, 4.69) is 0 Å². The highest BCUT2D eigenvalue weighted by atomic mass is 32.2. The average Bonchev–Trinajstić information content (AvgIpc) is 3.06. The third-order valence-electron chi connectivity index (χ3n) is 5.55. The van der Waals surface area contributed by atoms with E-state index < -0.39 is 26.5 Å². The third-order valence-corrected chi connectivity index (χ3v) is 7.19. The van der Waals surface area contributed by atoms with Crippen molar-refractivity contribution in [1.82, 2.24) is 4.57 Å². The molecule has 3 rings (SSSR count). The molecule has 0 atom stereocenters. The summed E-state index contributed by atoms with van der Waals surface area (Å²) in [6, 6.07) is 13.5. The second kappa shape index (κ2) is 9.15. The lowest BCUT2D eigenvalue weighted by atomic mass is 10.1. The first-order valence-corrected chi connectivity index (χ1v) is 12.1. The van der Waals surface area contributed by atoms with Gasteiger partial charge in [0, 0.05) is 11.4 Å². The van der Waals surface area contributed by atoms with Crippen LogP contribution in [0.5, 0.6) is 0 Å². The van der Waals surface area contributed by atoms with Crippen LogP contribution < -0.4 is 0 Å². The van der Waals surface area contributed by atoms with Gasteiger partial charge in [-0.25, -0.2) is 8.42 Å². The maximum atomic E-state index is 13.7. The number of nitrogens with zero attached hydrogens (tertiary/aromatic N) is 2. The number of alkyl halides is 3. The van der Waals surface area contributed by atoms with Crippen molar-refractivity contribution in [2.45, 2.75) is 51.6 Å². The molecule has 0 aliphatic carbocycles. The molecule has 178 valence electrons. The minimum absolute atomic E-state index is 0.00128. The third kappa shape index (κ3) is 4.80. The Labute approximate surface area is 197 Å². The topological polar surface area (TPSA) is 62.9 Å². The van der Waals surface area contributed by atoms with Gasteiger partial charge in [-0.15, -0.1) is 0 Å². The summed E-state index contributed by atoms with van der Waals surface area (Å²) >= 11 is 0. The summed E-state index contributed by atoms with van der Waals surface area (Å²) in [5.41, 5.74) is 1.98. The highest BCUT2D eigenvalue weighted by Crippen LogP contribution is 2.37. The second-order valence-electron chi connectivity index (χ2n) is 8.56. The highest BCUT2D eigenvalue weighted by Gasteiger charge is 2.34. The fourth-order valence-corrected chi connectivity index (χ4v) is 5.31. The molecule has 0 radical (unpaired) electrons. The van der Waals surface area contributed by atoms with Crippen LogP contribution in [0.1, 0.15) is 53.4 Å². The number of benzene rings is 2. The van der Waals surface area contributed by atoms with Gasteiger partial charge in [-0.05, 0) is 79.8 Å². The molecule has 1 heterocycles. The molecule has 0 aliphatic heterocycles. The first kappa shape index (κ1) is 25.3. The lowest BCUT2D eigenvalue weighted by Crippen LogP contribution is -2.13. The van der Waals surface area contributed by atoms with Gasteiger partial charge in [0.1, 0.15) is 11.0 Å². The van der Waals surface area contributed by atoms with Crippen molar-refractivity contribution in [2.24, 2.45) is 0 Å². The molecule has 0 bridgehead atoms. The van der Waals surface area contributed by atoms with Crippen molar-refractivity contribution in [3.63, 3.8) is 0 Å². The highest BCUT2D eigenvalue weighted by molar-refractivity contribution is 7.95. The molecule has 0 amide bonds. The summed E-state index contributed by atoms with van der Waals surface area (Å²) in [5.74, 6) is -0.163. The summed E-state index contributed by atoms with van der Waals surface area (Å²) in [7, 11) is -4.12. The van der Waals surface area contributed by atoms with Crippen LogP contribution in [0.3, 0.4) is 0 Å². The SMILES string of the molecule is Cc1cc(C)cc(S(=O)(=O)/C(C#N)=C/c2cc(C(C)C)n(-c3ccccc3C(F)(F)F)c2C)c1. The molecule has 0 saturated heterocycles. The van der Waals surface area contributed by atoms with Gasteiger partial charge < -0.3 is 4.57 Å². The monoisotopic (exact) mass is 486 g/mol. The number of nitriles is 1. The number of halogens is 3.